The van der Waals surface area contributed by atoms with Gasteiger partial charge in [-0.3, -0.25) is 4.79 Å². The van der Waals surface area contributed by atoms with Gasteiger partial charge < -0.3 is 15.4 Å². The van der Waals surface area contributed by atoms with E-state index in [2.05, 4.69) is 15.6 Å². The van der Waals surface area contributed by atoms with Crippen LogP contribution in [0.4, 0.5) is 0 Å². The van der Waals surface area contributed by atoms with Gasteiger partial charge in [-0.1, -0.05) is 12.8 Å². The molecule has 1 saturated carbocycles. The molecule has 1 aromatic heterocycles. The van der Waals surface area contributed by atoms with Crippen molar-refractivity contribution in [3.05, 3.63) is 23.9 Å². The molecule has 2 fully saturated rings. The van der Waals surface area contributed by atoms with Crippen LogP contribution in [0.1, 0.15) is 37.7 Å². The zero-order chi connectivity index (χ0) is 14.7. The first-order chi connectivity index (χ1) is 10.3. The van der Waals surface area contributed by atoms with Crippen molar-refractivity contribution in [3.8, 4) is 5.88 Å². The minimum absolute atomic E-state index is 0.0261. The van der Waals surface area contributed by atoms with Crippen molar-refractivity contribution in [1.82, 2.24) is 15.6 Å². The predicted molar refractivity (Wildman–Crippen MR) is 79.9 cm³/mol. The molecule has 1 aliphatic heterocycles. The number of amides is 1. The van der Waals surface area contributed by atoms with Crippen LogP contribution in [0.5, 0.6) is 5.88 Å². The fourth-order valence-corrected chi connectivity index (χ4v) is 3.51. The Labute approximate surface area is 125 Å². The summed E-state index contributed by atoms with van der Waals surface area (Å²) in [5.41, 5.74) is 1.01. The number of fused-ring (bicyclic) bond motifs is 1. The van der Waals surface area contributed by atoms with Gasteiger partial charge in [0.15, 0.2) is 0 Å². The summed E-state index contributed by atoms with van der Waals surface area (Å²) in [5.74, 6) is 1.38. The maximum atomic E-state index is 12.3. The van der Waals surface area contributed by atoms with Gasteiger partial charge in [-0.05, 0) is 36.8 Å². The molecule has 5 nitrogen and oxygen atoms in total. The first kappa shape index (κ1) is 14.3. The molecule has 5 heteroatoms. The van der Waals surface area contributed by atoms with Gasteiger partial charge in [-0.15, -0.1) is 0 Å². The Morgan fingerprint density at radius 3 is 3.14 bits per heavy atom. The van der Waals surface area contributed by atoms with Crippen LogP contribution in [-0.4, -0.2) is 30.1 Å². The van der Waals surface area contributed by atoms with E-state index < -0.39 is 0 Å². The van der Waals surface area contributed by atoms with Crippen molar-refractivity contribution in [2.24, 2.45) is 5.92 Å². The number of pyridine rings is 1. The van der Waals surface area contributed by atoms with Gasteiger partial charge in [0.2, 0.25) is 11.8 Å². The van der Waals surface area contributed by atoms with E-state index in [9.17, 15) is 4.79 Å². The van der Waals surface area contributed by atoms with E-state index in [0.29, 0.717) is 24.4 Å². The molecular formula is C16H23N3O2. The van der Waals surface area contributed by atoms with Crippen molar-refractivity contribution in [2.75, 3.05) is 7.11 Å². The van der Waals surface area contributed by atoms with Crippen LogP contribution in [-0.2, 0) is 11.3 Å². The molecule has 3 atom stereocenters. The van der Waals surface area contributed by atoms with E-state index in [1.807, 2.05) is 12.1 Å². The molecule has 1 saturated heterocycles. The van der Waals surface area contributed by atoms with E-state index >= 15 is 0 Å². The van der Waals surface area contributed by atoms with Gasteiger partial charge >= 0.3 is 0 Å². The van der Waals surface area contributed by atoms with Crippen LogP contribution in [0.15, 0.2) is 18.3 Å². The van der Waals surface area contributed by atoms with Gasteiger partial charge in [0.25, 0.3) is 0 Å². The topological polar surface area (TPSA) is 63.2 Å². The fraction of sp³-hybridized carbons (Fsp3) is 0.625. The summed E-state index contributed by atoms with van der Waals surface area (Å²) in [5, 5.41) is 6.52. The van der Waals surface area contributed by atoms with Crippen molar-refractivity contribution in [3.63, 3.8) is 0 Å². The second-order valence-corrected chi connectivity index (χ2v) is 6.03. The van der Waals surface area contributed by atoms with Crippen molar-refractivity contribution < 1.29 is 9.53 Å². The third-order valence-corrected chi connectivity index (χ3v) is 4.65. The maximum absolute atomic E-state index is 12.3. The average molecular weight is 289 g/mol. The molecular weight excluding hydrogens is 266 g/mol. The number of aromatic nitrogens is 1. The number of hydrogen-bond donors (Lipinski definition) is 2. The second-order valence-electron chi connectivity index (χ2n) is 6.03. The Morgan fingerprint density at radius 2 is 2.33 bits per heavy atom. The molecule has 2 heterocycles. The molecule has 2 aliphatic rings. The maximum Gasteiger partial charge on any atom is 0.237 e. The summed E-state index contributed by atoms with van der Waals surface area (Å²) in [6.45, 7) is 0.519. The Morgan fingerprint density at radius 1 is 1.48 bits per heavy atom. The molecule has 3 rings (SSSR count). The summed E-state index contributed by atoms with van der Waals surface area (Å²) < 4.78 is 5.09. The van der Waals surface area contributed by atoms with Crippen LogP contribution >= 0.6 is 0 Å². The van der Waals surface area contributed by atoms with Crippen LogP contribution in [0.25, 0.3) is 0 Å². The zero-order valence-electron chi connectivity index (χ0n) is 12.5. The highest BCUT2D eigenvalue weighted by Gasteiger charge is 2.37. The van der Waals surface area contributed by atoms with Gasteiger partial charge in [-0.25, -0.2) is 4.98 Å². The summed E-state index contributed by atoms with van der Waals surface area (Å²) in [4.78, 5) is 16.4. The lowest BCUT2D eigenvalue weighted by atomic mass is 9.85. The van der Waals surface area contributed by atoms with Crippen molar-refractivity contribution >= 4 is 5.91 Å². The third-order valence-electron chi connectivity index (χ3n) is 4.65. The van der Waals surface area contributed by atoms with Crippen molar-refractivity contribution in [1.29, 1.82) is 0 Å². The van der Waals surface area contributed by atoms with E-state index in [4.69, 9.17) is 4.74 Å². The molecule has 0 aromatic carbocycles. The van der Waals surface area contributed by atoms with Gasteiger partial charge in [-0.2, -0.15) is 0 Å². The molecule has 1 amide bonds. The molecule has 0 radical (unpaired) electrons. The lowest BCUT2D eigenvalue weighted by molar-refractivity contribution is -0.123. The van der Waals surface area contributed by atoms with E-state index in [0.717, 1.165) is 12.0 Å². The Bertz CT molecular complexity index is 492. The van der Waals surface area contributed by atoms with E-state index in [-0.39, 0.29) is 11.9 Å². The minimum atomic E-state index is -0.0261. The Balaban J connectivity index is 1.52. The quantitative estimate of drug-likeness (QED) is 0.884. The number of carbonyl (C=O) groups is 1. The van der Waals surface area contributed by atoms with Crippen molar-refractivity contribution in [2.45, 2.75) is 50.7 Å². The first-order valence-corrected chi connectivity index (χ1v) is 7.79. The smallest absolute Gasteiger partial charge is 0.237 e. The summed E-state index contributed by atoms with van der Waals surface area (Å²) in [6.07, 6.45) is 7.77. The molecule has 1 aromatic rings. The highest BCUT2D eigenvalue weighted by atomic mass is 16.5. The Hall–Kier alpha value is -1.62. The third kappa shape index (κ3) is 3.35. The standard InChI is InChI=1S/C16H23N3O2/c1-21-15-8-11(6-7-17-15)10-18-16(20)14-9-12-4-2-3-5-13(12)19-14/h6-8,12-14,19H,2-5,9-10H2,1H3,(H,18,20). The van der Waals surface area contributed by atoms with Crippen LogP contribution in [0, 0.1) is 5.92 Å². The number of carbonyl (C=O) groups excluding carboxylic acids is 1. The number of nitrogens with one attached hydrogen (secondary N) is 2. The lowest BCUT2D eigenvalue weighted by Crippen LogP contribution is -2.42. The summed E-state index contributed by atoms with van der Waals surface area (Å²) in [6, 6.07) is 4.27. The highest BCUT2D eigenvalue weighted by molar-refractivity contribution is 5.82. The molecule has 3 unspecified atom stereocenters. The molecule has 0 spiro atoms. The number of nitrogens with zero attached hydrogens (tertiary/aromatic N) is 1. The van der Waals surface area contributed by atoms with Gasteiger partial charge in [0.05, 0.1) is 13.2 Å². The van der Waals surface area contributed by atoms with Crippen LogP contribution in [0.3, 0.4) is 0 Å². The fourth-order valence-electron chi connectivity index (χ4n) is 3.51. The molecule has 2 N–H and O–H groups in total. The monoisotopic (exact) mass is 289 g/mol. The molecule has 0 bridgehead atoms. The van der Waals surface area contributed by atoms with E-state index in [1.165, 1.54) is 25.7 Å². The molecule has 114 valence electrons. The SMILES string of the molecule is COc1cc(CNC(=O)C2CC3CCCCC3N2)ccn1. The Kier molecular flexibility index (Phi) is 4.39. The number of methoxy groups -OCH3 is 1. The molecule has 21 heavy (non-hydrogen) atoms. The first-order valence-electron chi connectivity index (χ1n) is 7.79. The van der Waals surface area contributed by atoms with Crippen LogP contribution < -0.4 is 15.4 Å². The predicted octanol–water partition coefficient (Wildman–Crippen LogP) is 1.63. The van der Waals surface area contributed by atoms with E-state index in [1.54, 1.807) is 13.3 Å². The number of ether oxygens (including phenoxy) is 1. The molecule has 1 aliphatic carbocycles. The number of rotatable bonds is 4. The largest absolute Gasteiger partial charge is 0.481 e. The number of hydrogen-bond acceptors (Lipinski definition) is 4. The van der Waals surface area contributed by atoms with Gasteiger partial charge in [0, 0.05) is 24.8 Å². The summed E-state index contributed by atoms with van der Waals surface area (Å²) >= 11 is 0. The summed E-state index contributed by atoms with van der Waals surface area (Å²) in [7, 11) is 1.59. The minimum Gasteiger partial charge on any atom is -0.481 e. The normalized spacial score (nSPS) is 28.0. The van der Waals surface area contributed by atoms with Crippen LogP contribution in [0.2, 0.25) is 0 Å². The second kappa shape index (κ2) is 6.43. The van der Waals surface area contributed by atoms with Gasteiger partial charge in [0.1, 0.15) is 0 Å². The average Bonchev–Trinajstić information content (AvgIpc) is 2.97. The lowest BCUT2D eigenvalue weighted by Gasteiger charge is -2.24. The highest BCUT2D eigenvalue weighted by Crippen LogP contribution is 2.33. The zero-order valence-corrected chi connectivity index (χ0v) is 12.5.